The standard InChI is InChI=1S/C3H8O.4CH4/c1-2-3-4;;;;/h4H,2-3H2,1H3;4*1H4. The van der Waals surface area contributed by atoms with Crippen molar-refractivity contribution < 1.29 is 5.11 Å². The predicted octanol–water partition coefficient (Wildman–Crippen LogP) is 2.93. The smallest absolute Gasteiger partial charge is 0.0428 e. The molecule has 0 bridgehead atoms. The summed E-state index contributed by atoms with van der Waals surface area (Å²) in [6.45, 7) is 2.25. The molecule has 0 aliphatic rings. The quantitative estimate of drug-likeness (QED) is 0.570. The van der Waals surface area contributed by atoms with Crippen LogP contribution in [0.4, 0.5) is 0 Å². The van der Waals surface area contributed by atoms with E-state index in [4.69, 9.17) is 5.11 Å². The van der Waals surface area contributed by atoms with E-state index >= 15 is 0 Å². The third kappa shape index (κ3) is 159. The normalized spacial score (nSPS) is 3.75. The number of rotatable bonds is 1. The second-order valence-corrected chi connectivity index (χ2v) is 0.724. The van der Waals surface area contributed by atoms with Gasteiger partial charge in [0.2, 0.25) is 0 Å². The molecule has 0 aliphatic heterocycles. The van der Waals surface area contributed by atoms with Gasteiger partial charge in [0, 0.05) is 6.61 Å². The van der Waals surface area contributed by atoms with Crippen LogP contribution in [0.15, 0.2) is 0 Å². The van der Waals surface area contributed by atoms with Crippen molar-refractivity contribution in [3.8, 4) is 0 Å². The van der Waals surface area contributed by atoms with Crippen molar-refractivity contribution in [2.24, 2.45) is 0 Å². The highest BCUT2D eigenvalue weighted by Crippen LogP contribution is 1.61. The zero-order chi connectivity index (χ0) is 3.41. The zero-order valence-corrected chi connectivity index (χ0v) is 2.86. The topological polar surface area (TPSA) is 20.2 Å². The van der Waals surface area contributed by atoms with Gasteiger partial charge in [-0.2, -0.15) is 0 Å². The van der Waals surface area contributed by atoms with Gasteiger partial charge in [-0.1, -0.05) is 36.6 Å². The van der Waals surface area contributed by atoms with E-state index in [2.05, 4.69) is 0 Å². The molecule has 0 rings (SSSR count). The first-order valence-corrected chi connectivity index (χ1v) is 1.52. The van der Waals surface area contributed by atoms with Crippen LogP contribution in [-0.2, 0) is 0 Å². The Labute approximate surface area is 55.7 Å². The SMILES string of the molecule is C.C.C.C.CCCO. The van der Waals surface area contributed by atoms with E-state index in [-0.39, 0.29) is 29.7 Å². The molecular weight excluding hydrogens is 100 g/mol. The first-order chi connectivity index (χ1) is 1.91. The lowest BCUT2D eigenvalue weighted by Crippen LogP contribution is -1.69. The maximum Gasteiger partial charge on any atom is 0.0428 e. The molecule has 0 unspecified atom stereocenters. The van der Waals surface area contributed by atoms with Gasteiger partial charge in [0.25, 0.3) is 0 Å². The molecule has 0 aliphatic carbocycles. The number of aliphatic hydroxyl groups excluding tert-OH is 1. The van der Waals surface area contributed by atoms with Crippen LogP contribution in [0.3, 0.4) is 0 Å². The molecule has 1 nitrogen and oxygen atoms in total. The van der Waals surface area contributed by atoms with E-state index < -0.39 is 0 Å². The Morgan fingerprint density at radius 2 is 1.12 bits per heavy atom. The third-order valence-electron chi connectivity index (χ3n) is 0.224. The second-order valence-electron chi connectivity index (χ2n) is 0.724. The minimum absolute atomic E-state index is 0. The van der Waals surface area contributed by atoms with Crippen LogP contribution in [0, 0.1) is 0 Å². The van der Waals surface area contributed by atoms with Gasteiger partial charge < -0.3 is 5.11 Å². The lowest BCUT2D eigenvalue weighted by molar-refractivity contribution is 0.295. The van der Waals surface area contributed by atoms with E-state index in [0.29, 0.717) is 6.61 Å². The highest BCUT2D eigenvalue weighted by atomic mass is 16.2. The van der Waals surface area contributed by atoms with Crippen LogP contribution < -0.4 is 0 Å². The molecular formula is C7H24O. The fourth-order valence-corrected chi connectivity index (χ4v) is 0. The average Bonchev–Trinajstić information content (AvgIpc) is 1.37. The summed E-state index contributed by atoms with van der Waals surface area (Å²) < 4.78 is 0. The molecule has 0 aromatic heterocycles. The van der Waals surface area contributed by atoms with Gasteiger partial charge in [-0.25, -0.2) is 0 Å². The van der Waals surface area contributed by atoms with Crippen molar-refractivity contribution in [1.82, 2.24) is 0 Å². The predicted molar refractivity (Wildman–Crippen MR) is 44.3 cm³/mol. The summed E-state index contributed by atoms with van der Waals surface area (Å²) in [7, 11) is 0. The third-order valence-corrected chi connectivity index (χ3v) is 0.224. The lowest BCUT2D eigenvalue weighted by Gasteiger charge is -1.69. The van der Waals surface area contributed by atoms with Crippen LogP contribution in [0.25, 0.3) is 0 Å². The van der Waals surface area contributed by atoms with Gasteiger partial charge in [0.15, 0.2) is 0 Å². The average molecular weight is 124 g/mol. The zero-order valence-electron chi connectivity index (χ0n) is 2.86. The van der Waals surface area contributed by atoms with Crippen LogP contribution in [0.5, 0.6) is 0 Å². The van der Waals surface area contributed by atoms with Gasteiger partial charge in [-0.05, 0) is 6.42 Å². The Bertz CT molecular complexity index is 6.35. The molecule has 0 heterocycles. The molecule has 1 N–H and O–H groups in total. The molecule has 58 valence electrons. The van der Waals surface area contributed by atoms with Crippen LogP contribution >= 0.6 is 0 Å². The van der Waals surface area contributed by atoms with E-state index in [1.54, 1.807) is 0 Å². The van der Waals surface area contributed by atoms with Crippen molar-refractivity contribution in [3.63, 3.8) is 0 Å². The van der Waals surface area contributed by atoms with Gasteiger partial charge in [-0.3, -0.25) is 0 Å². The molecule has 0 atom stereocenters. The van der Waals surface area contributed by atoms with Crippen molar-refractivity contribution in [2.45, 2.75) is 43.1 Å². The summed E-state index contributed by atoms with van der Waals surface area (Å²) in [5.74, 6) is 0. The molecule has 0 fully saturated rings. The maximum absolute atomic E-state index is 7.88. The Hall–Kier alpha value is -0.0400. The monoisotopic (exact) mass is 124 g/mol. The number of aliphatic hydroxyl groups is 1. The molecule has 0 aromatic carbocycles. The molecule has 0 saturated carbocycles. The first kappa shape index (κ1) is 44.0. The summed E-state index contributed by atoms with van der Waals surface area (Å²) in [6, 6.07) is 0. The van der Waals surface area contributed by atoms with E-state index in [9.17, 15) is 0 Å². The Morgan fingerprint density at radius 1 is 1.00 bits per heavy atom. The van der Waals surface area contributed by atoms with E-state index in [1.165, 1.54) is 0 Å². The number of hydrogen-bond acceptors (Lipinski definition) is 1. The van der Waals surface area contributed by atoms with Crippen molar-refractivity contribution in [2.75, 3.05) is 6.61 Å². The molecule has 8 heavy (non-hydrogen) atoms. The molecule has 0 amide bonds. The van der Waals surface area contributed by atoms with Gasteiger partial charge in [0.05, 0.1) is 0 Å². The summed E-state index contributed by atoms with van der Waals surface area (Å²) in [5.41, 5.74) is 0. The van der Waals surface area contributed by atoms with Crippen LogP contribution in [0.2, 0.25) is 0 Å². The van der Waals surface area contributed by atoms with Gasteiger partial charge in [0.1, 0.15) is 0 Å². The highest BCUT2D eigenvalue weighted by molar-refractivity contribution is 4.10. The minimum atomic E-state index is 0. The van der Waals surface area contributed by atoms with E-state index in [0.717, 1.165) is 6.42 Å². The largest absolute Gasteiger partial charge is 0.396 e. The summed E-state index contributed by atoms with van der Waals surface area (Å²) in [4.78, 5) is 0. The Morgan fingerprint density at radius 3 is 1.12 bits per heavy atom. The summed E-state index contributed by atoms with van der Waals surface area (Å²) in [6.07, 6.45) is 0.875. The van der Waals surface area contributed by atoms with E-state index in [1.807, 2.05) is 6.92 Å². The van der Waals surface area contributed by atoms with Crippen molar-refractivity contribution in [3.05, 3.63) is 0 Å². The fraction of sp³-hybridized carbons (Fsp3) is 1.00. The van der Waals surface area contributed by atoms with Gasteiger partial charge >= 0.3 is 0 Å². The molecule has 0 aromatic rings. The first-order valence-electron chi connectivity index (χ1n) is 1.52. The minimum Gasteiger partial charge on any atom is -0.396 e. The van der Waals surface area contributed by atoms with Crippen molar-refractivity contribution in [1.29, 1.82) is 0 Å². The lowest BCUT2D eigenvalue weighted by atomic mass is 10.5. The van der Waals surface area contributed by atoms with Crippen LogP contribution in [-0.4, -0.2) is 11.7 Å². The number of hydrogen-bond donors (Lipinski definition) is 1. The summed E-state index contributed by atoms with van der Waals surface area (Å²) >= 11 is 0. The Balaban J connectivity index is -0.00000000750. The van der Waals surface area contributed by atoms with Crippen LogP contribution in [0.1, 0.15) is 43.1 Å². The summed E-state index contributed by atoms with van der Waals surface area (Å²) in [5, 5.41) is 7.88. The molecule has 0 radical (unpaired) electrons. The van der Waals surface area contributed by atoms with Gasteiger partial charge in [-0.15, -0.1) is 0 Å². The maximum atomic E-state index is 7.88. The van der Waals surface area contributed by atoms with Crippen molar-refractivity contribution >= 4 is 0 Å². The highest BCUT2D eigenvalue weighted by Gasteiger charge is 1.57. The molecule has 0 saturated heterocycles. The Kier molecular flexibility index (Phi) is 354. The second kappa shape index (κ2) is 64.4. The molecule has 0 spiro atoms. The molecule has 1 heteroatoms. The fourth-order valence-electron chi connectivity index (χ4n) is 0.